The number of Topliss-reactive ketones (excluding diaryl/α,β-unsaturated/α-hetero) is 1. The zero-order valence-corrected chi connectivity index (χ0v) is 11.2. The molecule has 0 amide bonds. The van der Waals surface area contributed by atoms with Crippen LogP contribution < -0.4 is 0 Å². The van der Waals surface area contributed by atoms with E-state index in [1.165, 1.54) is 12.1 Å². The Hall–Kier alpha value is -2.34. The summed E-state index contributed by atoms with van der Waals surface area (Å²) in [6.45, 7) is 0. The van der Waals surface area contributed by atoms with Crippen molar-refractivity contribution in [3.63, 3.8) is 0 Å². The van der Waals surface area contributed by atoms with E-state index in [9.17, 15) is 23.7 Å². The van der Waals surface area contributed by atoms with Crippen molar-refractivity contribution >= 4 is 23.1 Å². The fourth-order valence-electron chi connectivity index (χ4n) is 1.80. The first-order valence-corrected chi connectivity index (χ1v) is 6.18. The summed E-state index contributed by atoms with van der Waals surface area (Å²) in [6, 6.07) is 6.57. The summed E-state index contributed by atoms with van der Waals surface area (Å²) in [7, 11) is 0. The average Bonchev–Trinajstić information content (AvgIpc) is 2.43. The molecule has 2 aromatic carbocycles. The van der Waals surface area contributed by atoms with E-state index in [1.807, 2.05) is 0 Å². The third-order valence-electron chi connectivity index (χ3n) is 2.86. The lowest BCUT2D eigenvalue weighted by atomic mass is 10.0. The third kappa shape index (κ3) is 3.22. The fraction of sp³-hybridized carbons (Fsp3) is 0.0714. The number of non-ortho nitro benzene ring substituents is 1. The fourth-order valence-corrected chi connectivity index (χ4v) is 2.02. The summed E-state index contributed by atoms with van der Waals surface area (Å²) in [5.74, 6) is -2.41. The molecule has 0 atom stereocenters. The van der Waals surface area contributed by atoms with Gasteiger partial charge in [0, 0.05) is 29.7 Å². The van der Waals surface area contributed by atoms with Gasteiger partial charge in [0.15, 0.2) is 5.78 Å². The number of carbonyl (C=O) groups excluding carboxylic acids is 1. The van der Waals surface area contributed by atoms with Crippen LogP contribution in [-0.2, 0) is 6.42 Å². The lowest BCUT2D eigenvalue weighted by Crippen LogP contribution is -2.08. The van der Waals surface area contributed by atoms with E-state index in [0.717, 1.165) is 24.3 Å². The predicted octanol–water partition coefficient (Wildman–Crippen LogP) is 3.95. The maximum atomic E-state index is 13.5. The molecule has 21 heavy (non-hydrogen) atoms. The topological polar surface area (TPSA) is 60.2 Å². The highest BCUT2D eigenvalue weighted by molar-refractivity contribution is 6.34. The van der Waals surface area contributed by atoms with Gasteiger partial charge in [0.25, 0.3) is 5.69 Å². The largest absolute Gasteiger partial charge is 0.294 e. The smallest absolute Gasteiger partial charge is 0.270 e. The molecule has 0 aliphatic carbocycles. The van der Waals surface area contributed by atoms with Crippen LogP contribution in [0.3, 0.4) is 0 Å². The summed E-state index contributed by atoms with van der Waals surface area (Å²) >= 11 is 5.81. The number of benzene rings is 2. The van der Waals surface area contributed by atoms with Crippen LogP contribution in [-0.4, -0.2) is 10.7 Å². The molecule has 0 heterocycles. The van der Waals surface area contributed by atoms with Crippen LogP contribution in [0, 0.1) is 21.7 Å². The van der Waals surface area contributed by atoms with Crippen molar-refractivity contribution in [2.24, 2.45) is 0 Å². The quantitative estimate of drug-likeness (QED) is 0.488. The first kappa shape index (κ1) is 15.1. The number of halogens is 3. The van der Waals surface area contributed by atoms with Gasteiger partial charge in [-0.05, 0) is 18.2 Å². The summed E-state index contributed by atoms with van der Waals surface area (Å²) in [5.41, 5.74) is -0.865. The Morgan fingerprint density at radius 3 is 2.38 bits per heavy atom. The van der Waals surface area contributed by atoms with Crippen molar-refractivity contribution in [3.05, 3.63) is 74.3 Å². The minimum Gasteiger partial charge on any atom is -0.294 e. The van der Waals surface area contributed by atoms with Crippen molar-refractivity contribution in [3.8, 4) is 0 Å². The Kier molecular flexibility index (Phi) is 4.28. The van der Waals surface area contributed by atoms with Gasteiger partial charge in [0.2, 0.25) is 0 Å². The van der Waals surface area contributed by atoms with Crippen LogP contribution in [0.4, 0.5) is 14.5 Å². The van der Waals surface area contributed by atoms with Gasteiger partial charge in [-0.1, -0.05) is 17.7 Å². The number of rotatable bonds is 4. The standard InChI is InChI=1S/C14H8ClF2NO3/c15-11-5-4-8(18(20)21)6-9(11)14(19)7-10-12(16)2-1-3-13(10)17/h1-6H,7H2. The SMILES string of the molecule is O=C(Cc1c(F)cccc1F)c1cc([N+](=O)[O-])ccc1Cl. The molecular weight excluding hydrogens is 304 g/mol. The second-order valence-electron chi connectivity index (χ2n) is 4.22. The number of hydrogen-bond donors (Lipinski definition) is 0. The molecule has 0 bridgehead atoms. The maximum Gasteiger partial charge on any atom is 0.270 e. The maximum absolute atomic E-state index is 13.5. The second kappa shape index (κ2) is 5.97. The number of ketones is 1. The van der Waals surface area contributed by atoms with Gasteiger partial charge in [-0.25, -0.2) is 8.78 Å². The summed E-state index contributed by atoms with van der Waals surface area (Å²) in [4.78, 5) is 22.1. The number of nitro groups is 1. The van der Waals surface area contributed by atoms with Gasteiger partial charge in [-0.15, -0.1) is 0 Å². The van der Waals surface area contributed by atoms with Gasteiger partial charge in [0.05, 0.1) is 9.95 Å². The average molecular weight is 312 g/mol. The first-order valence-electron chi connectivity index (χ1n) is 5.80. The van der Waals surface area contributed by atoms with Gasteiger partial charge in [-0.2, -0.15) is 0 Å². The van der Waals surface area contributed by atoms with E-state index >= 15 is 0 Å². The molecule has 0 aromatic heterocycles. The summed E-state index contributed by atoms with van der Waals surface area (Å²) in [6.07, 6.45) is -0.570. The molecule has 2 rings (SSSR count). The number of nitrogens with zero attached hydrogens (tertiary/aromatic N) is 1. The molecule has 0 aliphatic heterocycles. The van der Waals surface area contributed by atoms with Crippen LogP contribution >= 0.6 is 11.6 Å². The molecule has 0 fully saturated rings. The van der Waals surface area contributed by atoms with Crippen LogP contribution in [0.5, 0.6) is 0 Å². The zero-order valence-electron chi connectivity index (χ0n) is 10.5. The molecule has 0 saturated carbocycles. The summed E-state index contributed by atoms with van der Waals surface area (Å²) < 4.78 is 27.0. The van der Waals surface area contributed by atoms with Crippen molar-refractivity contribution in [2.75, 3.05) is 0 Å². The molecule has 0 saturated heterocycles. The second-order valence-corrected chi connectivity index (χ2v) is 4.63. The normalized spacial score (nSPS) is 10.4. The van der Waals surface area contributed by atoms with E-state index in [2.05, 4.69) is 0 Å². The van der Waals surface area contributed by atoms with Crippen molar-refractivity contribution < 1.29 is 18.5 Å². The van der Waals surface area contributed by atoms with E-state index in [1.54, 1.807) is 0 Å². The predicted molar refractivity (Wildman–Crippen MR) is 72.5 cm³/mol. The highest BCUT2D eigenvalue weighted by atomic mass is 35.5. The van der Waals surface area contributed by atoms with Crippen LogP contribution in [0.15, 0.2) is 36.4 Å². The number of carbonyl (C=O) groups is 1. The molecule has 2 aromatic rings. The number of nitro benzene ring substituents is 1. The molecular formula is C14H8ClF2NO3. The Morgan fingerprint density at radius 1 is 1.19 bits per heavy atom. The molecule has 7 heteroatoms. The van der Waals surface area contributed by atoms with Crippen molar-refractivity contribution in [1.29, 1.82) is 0 Å². The van der Waals surface area contributed by atoms with Crippen LogP contribution in [0.1, 0.15) is 15.9 Å². The van der Waals surface area contributed by atoms with Crippen molar-refractivity contribution in [2.45, 2.75) is 6.42 Å². The number of hydrogen-bond acceptors (Lipinski definition) is 3. The lowest BCUT2D eigenvalue weighted by molar-refractivity contribution is -0.384. The minimum atomic E-state index is -0.857. The third-order valence-corrected chi connectivity index (χ3v) is 3.19. The Morgan fingerprint density at radius 2 is 1.81 bits per heavy atom. The minimum absolute atomic E-state index is 0.0117. The molecule has 0 aliphatic rings. The van der Waals surface area contributed by atoms with Crippen molar-refractivity contribution in [1.82, 2.24) is 0 Å². The van der Waals surface area contributed by atoms with E-state index in [-0.39, 0.29) is 16.3 Å². The highest BCUT2D eigenvalue weighted by Gasteiger charge is 2.19. The van der Waals surface area contributed by atoms with Gasteiger partial charge in [-0.3, -0.25) is 14.9 Å². The molecule has 108 valence electrons. The molecule has 0 radical (unpaired) electrons. The van der Waals surface area contributed by atoms with Crippen LogP contribution in [0.25, 0.3) is 0 Å². The van der Waals surface area contributed by atoms with Gasteiger partial charge < -0.3 is 0 Å². The Labute approximate surface area is 123 Å². The zero-order chi connectivity index (χ0) is 15.6. The van der Waals surface area contributed by atoms with Gasteiger partial charge >= 0.3 is 0 Å². The Balaban J connectivity index is 2.37. The molecule has 0 N–H and O–H groups in total. The monoisotopic (exact) mass is 311 g/mol. The molecule has 0 spiro atoms. The Bertz CT molecular complexity index is 714. The highest BCUT2D eigenvalue weighted by Crippen LogP contribution is 2.24. The van der Waals surface area contributed by atoms with E-state index in [4.69, 9.17) is 11.6 Å². The van der Waals surface area contributed by atoms with E-state index < -0.39 is 34.3 Å². The molecule has 4 nitrogen and oxygen atoms in total. The first-order chi connectivity index (χ1) is 9.90. The molecule has 0 unspecified atom stereocenters. The van der Waals surface area contributed by atoms with Crippen LogP contribution in [0.2, 0.25) is 5.02 Å². The summed E-state index contributed by atoms with van der Waals surface area (Å²) in [5, 5.41) is 10.7. The lowest BCUT2D eigenvalue weighted by Gasteiger charge is -2.06. The van der Waals surface area contributed by atoms with E-state index in [0.29, 0.717) is 0 Å². The van der Waals surface area contributed by atoms with Gasteiger partial charge in [0.1, 0.15) is 11.6 Å².